The van der Waals surface area contributed by atoms with Gasteiger partial charge in [0, 0.05) is 30.3 Å². The van der Waals surface area contributed by atoms with E-state index < -0.39 is 11.6 Å². The van der Waals surface area contributed by atoms with Crippen molar-refractivity contribution in [2.75, 3.05) is 38.0 Å². The summed E-state index contributed by atoms with van der Waals surface area (Å²) in [6.07, 6.45) is 3.25. The number of anilines is 1. The fraction of sp³-hybridized carbons (Fsp3) is 0.458. The van der Waals surface area contributed by atoms with E-state index in [9.17, 15) is 13.6 Å². The van der Waals surface area contributed by atoms with Crippen molar-refractivity contribution >= 4 is 23.2 Å². The van der Waals surface area contributed by atoms with Gasteiger partial charge in [-0.1, -0.05) is 23.7 Å². The van der Waals surface area contributed by atoms with Crippen LogP contribution < -0.4 is 5.32 Å². The molecule has 31 heavy (non-hydrogen) atoms. The Labute approximate surface area is 187 Å². The summed E-state index contributed by atoms with van der Waals surface area (Å²) >= 11 is 6.15. The molecule has 4 nitrogen and oxygen atoms in total. The second-order valence-electron chi connectivity index (χ2n) is 8.98. The van der Waals surface area contributed by atoms with Crippen LogP contribution in [0.2, 0.25) is 5.02 Å². The van der Waals surface area contributed by atoms with Gasteiger partial charge in [0.1, 0.15) is 0 Å². The number of hydrogen-bond donors (Lipinski definition) is 1. The first-order valence-corrected chi connectivity index (χ1v) is 11.1. The van der Waals surface area contributed by atoms with Gasteiger partial charge in [-0.15, -0.1) is 0 Å². The predicted molar refractivity (Wildman–Crippen MR) is 119 cm³/mol. The summed E-state index contributed by atoms with van der Waals surface area (Å²) in [6.45, 7) is 6.51. The summed E-state index contributed by atoms with van der Waals surface area (Å²) < 4.78 is 26.8. The molecule has 0 aromatic heterocycles. The summed E-state index contributed by atoms with van der Waals surface area (Å²) in [7, 11) is 0. The normalized spacial score (nSPS) is 22.2. The highest BCUT2D eigenvalue weighted by atomic mass is 35.5. The van der Waals surface area contributed by atoms with Gasteiger partial charge in [-0.2, -0.15) is 0 Å². The molecule has 2 aromatic rings. The highest BCUT2D eigenvalue weighted by Crippen LogP contribution is 2.39. The number of halogens is 3. The maximum absolute atomic E-state index is 13.6. The molecule has 7 heteroatoms. The SMILES string of the molecule is Cc1c(Cl)cccc1NC(=O)CN1CCC2(CCCN(Cc3ccc(F)c(F)c3)C2)C1. The zero-order valence-corrected chi connectivity index (χ0v) is 18.5. The topological polar surface area (TPSA) is 35.6 Å². The van der Waals surface area contributed by atoms with Crippen molar-refractivity contribution in [3.63, 3.8) is 0 Å². The van der Waals surface area contributed by atoms with Crippen LogP contribution in [-0.2, 0) is 11.3 Å². The predicted octanol–water partition coefficient (Wildman–Crippen LogP) is 4.85. The molecular formula is C24H28ClF2N3O. The van der Waals surface area contributed by atoms with Crippen LogP contribution in [0.4, 0.5) is 14.5 Å². The molecule has 1 amide bonds. The van der Waals surface area contributed by atoms with E-state index in [1.165, 1.54) is 12.1 Å². The van der Waals surface area contributed by atoms with Crippen LogP contribution in [0.25, 0.3) is 0 Å². The molecule has 166 valence electrons. The lowest BCUT2D eigenvalue weighted by atomic mass is 9.79. The van der Waals surface area contributed by atoms with Crippen LogP contribution in [0, 0.1) is 24.0 Å². The molecule has 1 unspecified atom stereocenters. The Hall–Kier alpha value is -2.02. The number of likely N-dealkylation sites (tertiary alicyclic amines) is 2. The lowest BCUT2D eigenvalue weighted by Gasteiger charge is -2.40. The van der Waals surface area contributed by atoms with Crippen molar-refractivity contribution in [2.45, 2.75) is 32.7 Å². The largest absolute Gasteiger partial charge is 0.325 e. The molecule has 2 heterocycles. The van der Waals surface area contributed by atoms with Gasteiger partial charge in [0.25, 0.3) is 0 Å². The van der Waals surface area contributed by atoms with Crippen LogP contribution in [0.1, 0.15) is 30.4 Å². The quantitative estimate of drug-likeness (QED) is 0.711. The van der Waals surface area contributed by atoms with Gasteiger partial charge < -0.3 is 5.32 Å². The Kier molecular flexibility index (Phi) is 6.60. The Balaban J connectivity index is 1.33. The molecular weight excluding hydrogens is 420 g/mol. The molecule has 2 fully saturated rings. The molecule has 1 atom stereocenters. The van der Waals surface area contributed by atoms with Gasteiger partial charge >= 0.3 is 0 Å². The molecule has 0 bridgehead atoms. The standard InChI is InChI=1S/C24H28ClF2N3O/c1-17-19(25)4-2-5-22(17)28-23(31)14-30-11-9-24(16-30)8-3-10-29(15-24)13-18-6-7-20(26)21(27)12-18/h2,4-7,12H,3,8-11,13-16H2,1H3,(H,28,31). The van der Waals surface area contributed by atoms with Crippen molar-refractivity contribution in [2.24, 2.45) is 5.41 Å². The first kappa shape index (κ1) is 22.2. The van der Waals surface area contributed by atoms with E-state index in [2.05, 4.69) is 15.1 Å². The van der Waals surface area contributed by atoms with Crippen LogP contribution in [0.3, 0.4) is 0 Å². The number of carbonyl (C=O) groups is 1. The summed E-state index contributed by atoms with van der Waals surface area (Å²) in [6, 6.07) is 9.65. The van der Waals surface area contributed by atoms with Gasteiger partial charge in [0.15, 0.2) is 11.6 Å². The molecule has 2 aliphatic heterocycles. The van der Waals surface area contributed by atoms with E-state index >= 15 is 0 Å². The smallest absolute Gasteiger partial charge is 0.238 e. The fourth-order valence-corrected chi connectivity index (χ4v) is 5.15. The van der Waals surface area contributed by atoms with Crippen LogP contribution >= 0.6 is 11.6 Å². The molecule has 0 aliphatic carbocycles. The number of amides is 1. The first-order valence-electron chi connectivity index (χ1n) is 10.8. The summed E-state index contributed by atoms with van der Waals surface area (Å²) in [5.74, 6) is -1.63. The van der Waals surface area contributed by atoms with E-state index in [0.29, 0.717) is 18.1 Å². The van der Waals surface area contributed by atoms with E-state index in [1.54, 1.807) is 6.07 Å². The third-order valence-corrected chi connectivity index (χ3v) is 6.97. The van der Waals surface area contributed by atoms with Crippen LogP contribution in [0.15, 0.2) is 36.4 Å². The summed E-state index contributed by atoms with van der Waals surface area (Å²) in [5, 5.41) is 3.62. The Morgan fingerprint density at radius 3 is 2.71 bits per heavy atom. The third kappa shape index (κ3) is 5.25. The van der Waals surface area contributed by atoms with E-state index in [1.807, 2.05) is 25.1 Å². The van der Waals surface area contributed by atoms with Gasteiger partial charge in [-0.05, 0) is 80.1 Å². The Bertz CT molecular complexity index is 970. The fourth-order valence-electron chi connectivity index (χ4n) is 4.97. The van der Waals surface area contributed by atoms with Gasteiger partial charge in [0.05, 0.1) is 6.54 Å². The number of carbonyl (C=O) groups excluding carboxylic acids is 1. The van der Waals surface area contributed by atoms with Crippen molar-refractivity contribution < 1.29 is 13.6 Å². The molecule has 4 rings (SSSR count). The average Bonchev–Trinajstić information content (AvgIpc) is 3.09. The van der Waals surface area contributed by atoms with Crippen molar-refractivity contribution in [1.82, 2.24) is 9.80 Å². The molecule has 2 aliphatic rings. The number of nitrogens with one attached hydrogen (secondary N) is 1. The average molecular weight is 448 g/mol. The minimum atomic E-state index is -0.809. The number of rotatable bonds is 5. The Morgan fingerprint density at radius 1 is 1.10 bits per heavy atom. The molecule has 2 saturated heterocycles. The lowest BCUT2D eigenvalue weighted by molar-refractivity contribution is -0.117. The van der Waals surface area contributed by atoms with Gasteiger partial charge in [-0.3, -0.25) is 14.6 Å². The second kappa shape index (κ2) is 9.23. The number of benzene rings is 2. The van der Waals surface area contributed by atoms with Crippen molar-refractivity contribution in [3.05, 3.63) is 64.2 Å². The van der Waals surface area contributed by atoms with Gasteiger partial charge in [-0.25, -0.2) is 8.78 Å². The van der Waals surface area contributed by atoms with E-state index in [0.717, 1.165) is 62.3 Å². The molecule has 1 spiro atoms. The highest BCUT2D eigenvalue weighted by Gasteiger charge is 2.41. The number of piperidine rings is 1. The van der Waals surface area contributed by atoms with Crippen LogP contribution in [0.5, 0.6) is 0 Å². The number of nitrogens with zero attached hydrogens (tertiary/aromatic N) is 2. The maximum Gasteiger partial charge on any atom is 0.238 e. The summed E-state index contributed by atoms with van der Waals surface area (Å²) in [5.41, 5.74) is 2.57. The third-order valence-electron chi connectivity index (χ3n) is 6.56. The van der Waals surface area contributed by atoms with Crippen molar-refractivity contribution in [1.29, 1.82) is 0 Å². The van der Waals surface area contributed by atoms with Crippen LogP contribution in [-0.4, -0.2) is 48.4 Å². The van der Waals surface area contributed by atoms with E-state index in [4.69, 9.17) is 11.6 Å². The van der Waals surface area contributed by atoms with E-state index in [-0.39, 0.29) is 11.3 Å². The maximum atomic E-state index is 13.6. The molecule has 1 N–H and O–H groups in total. The monoisotopic (exact) mass is 447 g/mol. The zero-order valence-electron chi connectivity index (χ0n) is 17.8. The molecule has 0 radical (unpaired) electrons. The van der Waals surface area contributed by atoms with Crippen molar-refractivity contribution in [3.8, 4) is 0 Å². The minimum Gasteiger partial charge on any atom is -0.325 e. The van der Waals surface area contributed by atoms with Gasteiger partial charge in [0.2, 0.25) is 5.91 Å². The highest BCUT2D eigenvalue weighted by molar-refractivity contribution is 6.31. The second-order valence-corrected chi connectivity index (χ2v) is 9.39. The summed E-state index contributed by atoms with van der Waals surface area (Å²) in [4.78, 5) is 17.1. The number of hydrogen-bond acceptors (Lipinski definition) is 3. The lowest BCUT2D eigenvalue weighted by Crippen LogP contribution is -2.45. The zero-order chi connectivity index (χ0) is 22.0. The molecule has 0 saturated carbocycles. The Morgan fingerprint density at radius 2 is 1.90 bits per heavy atom. The first-order chi connectivity index (χ1) is 14.8. The minimum absolute atomic E-state index is 0.0307. The molecule has 2 aromatic carbocycles.